The maximum absolute atomic E-state index is 12.2. The van der Waals surface area contributed by atoms with Gasteiger partial charge in [-0.1, -0.05) is 25.4 Å². The second-order valence-corrected chi connectivity index (χ2v) is 6.69. The molecule has 2 fully saturated rings. The van der Waals surface area contributed by atoms with Crippen LogP contribution in [0.3, 0.4) is 0 Å². The lowest BCUT2D eigenvalue weighted by Crippen LogP contribution is -2.70. The van der Waals surface area contributed by atoms with Gasteiger partial charge in [0.2, 0.25) is 0 Å². The fourth-order valence-electron chi connectivity index (χ4n) is 3.59. The average Bonchev–Trinajstić information content (AvgIpc) is 2.47. The monoisotopic (exact) mass is 309 g/mol. The Labute approximate surface area is 129 Å². The molecule has 1 aromatic rings. The Hall–Kier alpha value is -1.33. The van der Waals surface area contributed by atoms with E-state index in [9.17, 15) is 4.79 Å². The van der Waals surface area contributed by atoms with Gasteiger partial charge in [-0.05, 0) is 25.0 Å². The molecule has 2 aliphatic rings. The van der Waals surface area contributed by atoms with Crippen molar-refractivity contribution in [2.75, 3.05) is 11.9 Å². The van der Waals surface area contributed by atoms with E-state index in [1.807, 2.05) is 0 Å². The molecule has 5 nitrogen and oxygen atoms in total. The summed E-state index contributed by atoms with van der Waals surface area (Å²) in [6, 6.07) is 3.35. The number of carbonyl (C=O) groups excluding carboxylic acids is 1. The fraction of sp³-hybridized carbons (Fsp3) is 0.600. The van der Waals surface area contributed by atoms with Crippen LogP contribution in [0.2, 0.25) is 5.15 Å². The first-order valence-corrected chi connectivity index (χ1v) is 7.67. The zero-order valence-electron chi connectivity index (χ0n) is 12.2. The highest BCUT2D eigenvalue weighted by molar-refractivity contribution is 6.32. The Morgan fingerprint density at radius 3 is 3.10 bits per heavy atom. The van der Waals surface area contributed by atoms with E-state index in [-0.39, 0.29) is 23.6 Å². The van der Waals surface area contributed by atoms with Crippen LogP contribution in [0, 0.1) is 11.3 Å². The number of rotatable bonds is 2. The van der Waals surface area contributed by atoms with Crippen LogP contribution in [0.1, 0.15) is 26.7 Å². The molecule has 0 radical (unpaired) electrons. The number of ether oxygens (including phenoxy) is 1. The molecule has 21 heavy (non-hydrogen) atoms. The molecule has 3 rings (SSSR count). The van der Waals surface area contributed by atoms with Gasteiger partial charge in [0, 0.05) is 30.2 Å². The van der Waals surface area contributed by atoms with Crippen molar-refractivity contribution in [1.82, 2.24) is 10.3 Å². The molecule has 6 heteroatoms. The molecule has 0 aromatic carbocycles. The third-order valence-electron chi connectivity index (χ3n) is 4.62. The van der Waals surface area contributed by atoms with Crippen LogP contribution in [0.25, 0.3) is 0 Å². The molecular formula is C15H20ClN3O2. The van der Waals surface area contributed by atoms with Crippen molar-refractivity contribution in [3.05, 3.63) is 23.5 Å². The van der Waals surface area contributed by atoms with Crippen molar-refractivity contribution < 1.29 is 9.53 Å². The first kappa shape index (κ1) is 14.6. The molecule has 2 amide bonds. The van der Waals surface area contributed by atoms with E-state index in [2.05, 4.69) is 29.5 Å². The summed E-state index contributed by atoms with van der Waals surface area (Å²) in [6.07, 6.45) is 4.00. The van der Waals surface area contributed by atoms with Crippen LogP contribution in [0.5, 0.6) is 0 Å². The summed E-state index contributed by atoms with van der Waals surface area (Å²) in [7, 11) is 0. The Morgan fingerprint density at radius 1 is 1.52 bits per heavy atom. The second kappa shape index (κ2) is 5.46. The third kappa shape index (κ3) is 2.60. The molecule has 2 heterocycles. The zero-order valence-corrected chi connectivity index (χ0v) is 13.0. The van der Waals surface area contributed by atoms with Crippen molar-refractivity contribution >= 4 is 23.3 Å². The van der Waals surface area contributed by atoms with Crippen LogP contribution in [0.15, 0.2) is 18.3 Å². The summed E-state index contributed by atoms with van der Waals surface area (Å²) in [5.74, 6) is 0.406. The lowest BCUT2D eigenvalue weighted by atomic mass is 9.55. The standard InChI is InChI=1S/C15H20ClN3O2/c1-15(2)11(9-5-4-8-21-12(9)15)19-14(20)18-10-6-3-7-17-13(10)16/h3,6-7,9,11-12H,4-5,8H2,1-2H3,(H2,18,19,20)/t9-,11+,12+/m0/s1. The maximum Gasteiger partial charge on any atom is 0.319 e. The Bertz CT molecular complexity index is 549. The molecular weight excluding hydrogens is 290 g/mol. The number of carbonyl (C=O) groups is 1. The van der Waals surface area contributed by atoms with Crippen molar-refractivity contribution in [2.45, 2.75) is 38.8 Å². The topological polar surface area (TPSA) is 63.2 Å². The minimum atomic E-state index is -0.244. The van der Waals surface area contributed by atoms with Gasteiger partial charge < -0.3 is 15.4 Å². The van der Waals surface area contributed by atoms with Gasteiger partial charge in [0.05, 0.1) is 11.8 Å². The highest BCUT2D eigenvalue weighted by Crippen LogP contribution is 2.51. The number of hydrogen-bond donors (Lipinski definition) is 2. The number of fused-ring (bicyclic) bond motifs is 1. The van der Waals surface area contributed by atoms with Crippen LogP contribution in [-0.2, 0) is 4.74 Å². The number of urea groups is 1. The Morgan fingerprint density at radius 2 is 2.33 bits per heavy atom. The van der Waals surface area contributed by atoms with E-state index in [4.69, 9.17) is 16.3 Å². The predicted octanol–water partition coefficient (Wildman–Crippen LogP) is 3.06. The highest BCUT2D eigenvalue weighted by atomic mass is 35.5. The largest absolute Gasteiger partial charge is 0.377 e. The van der Waals surface area contributed by atoms with Gasteiger partial charge in [0.25, 0.3) is 0 Å². The number of amides is 2. The SMILES string of the molecule is CC1(C)[C@H](NC(=O)Nc2cccnc2Cl)[C@@H]2CCCO[C@H]21. The van der Waals surface area contributed by atoms with E-state index in [0.717, 1.165) is 19.4 Å². The molecule has 0 unspecified atom stereocenters. The van der Waals surface area contributed by atoms with Crippen LogP contribution < -0.4 is 10.6 Å². The zero-order chi connectivity index (χ0) is 15.0. The van der Waals surface area contributed by atoms with Gasteiger partial charge >= 0.3 is 6.03 Å². The summed E-state index contributed by atoms with van der Waals surface area (Å²) < 4.78 is 5.84. The Kier molecular flexibility index (Phi) is 3.80. The molecule has 1 aromatic heterocycles. The summed E-state index contributed by atoms with van der Waals surface area (Å²) in [4.78, 5) is 16.1. The number of nitrogens with one attached hydrogen (secondary N) is 2. The number of halogens is 1. The third-order valence-corrected chi connectivity index (χ3v) is 4.93. The Balaban J connectivity index is 1.64. The van der Waals surface area contributed by atoms with Crippen molar-refractivity contribution in [3.8, 4) is 0 Å². The molecule has 3 atom stereocenters. The van der Waals surface area contributed by atoms with Gasteiger partial charge in [-0.25, -0.2) is 9.78 Å². The van der Waals surface area contributed by atoms with Gasteiger partial charge in [-0.3, -0.25) is 0 Å². The average molecular weight is 310 g/mol. The molecule has 1 aliphatic heterocycles. The van der Waals surface area contributed by atoms with Crippen molar-refractivity contribution in [3.63, 3.8) is 0 Å². The van der Waals surface area contributed by atoms with E-state index >= 15 is 0 Å². The summed E-state index contributed by atoms with van der Waals surface area (Å²) in [5.41, 5.74) is 0.478. The van der Waals surface area contributed by atoms with Crippen LogP contribution in [0.4, 0.5) is 10.5 Å². The highest BCUT2D eigenvalue weighted by Gasteiger charge is 2.58. The predicted molar refractivity (Wildman–Crippen MR) is 81.4 cm³/mol. The van der Waals surface area contributed by atoms with Crippen molar-refractivity contribution in [1.29, 1.82) is 0 Å². The van der Waals surface area contributed by atoms with E-state index in [1.54, 1.807) is 18.3 Å². The second-order valence-electron chi connectivity index (χ2n) is 6.34. The van der Waals surface area contributed by atoms with Gasteiger partial charge in [0.15, 0.2) is 5.15 Å². The molecule has 2 N–H and O–H groups in total. The molecule has 1 saturated carbocycles. The first-order chi connectivity index (χ1) is 10.00. The number of hydrogen-bond acceptors (Lipinski definition) is 3. The van der Waals surface area contributed by atoms with Crippen LogP contribution >= 0.6 is 11.6 Å². The minimum absolute atomic E-state index is 0.0405. The van der Waals surface area contributed by atoms with E-state index in [0.29, 0.717) is 16.8 Å². The summed E-state index contributed by atoms with van der Waals surface area (Å²) in [6.45, 7) is 5.11. The van der Waals surface area contributed by atoms with Crippen LogP contribution in [-0.4, -0.2) is 29.8 Å². The van der Waals surface area contributed by atoms with Gasteiger partial charge in [0.1, 0.15) is 0 Å². The lowest BCUT2D eigenvalue weighted by molar-refractivity contribution is -0.189. The smallest absolute Gasteiger partial charge is 0.319 e. The van der Waals surface area contributed by atoms with Crippen molar-refractivity contribution in [2.24, 2.45) is 11.3 Å². The summed E-state index contributed by atoms with van der Waals surface area (Å²) in [5, 5.41) is 6.11. The van der Waals surface area contributed by atoms with Gasteiger partial charge in [-0.2, -0.15) is 0 Å². The minimum Gasteiger partial charge on any atom is -0.377 e. The number of pyridine rings is 1. The fourth-order valence-corrected chi connectivity index (χ4v) is 3.76. The molecule has 1 saturated heterocycles. The number of anilines is 1. The lowest BCUT2D eigenvalue weighted by Gasteiger charge is -2.59. The maximum atomic E-state index is 12.2. The first-order valence-electron chi connectivity index (χ1n) is 7.30. The molecule has 0 bridgehead atoms. The normalized spacial score (nSPS) is 30.0. The summed E-state index contributed by atoms with van der Waals surface area (Å²) >= 11 is 5.95. The van der Waals surface area contributed by atoms with E-state index < -0.39 is 0 Å². The molecule has 1 aliphatic carbocycles. The van der Waals surface area contributed by atoms with Gasteiger partial charge in [-0.15, -0.1) is 0 Å². The van der Waals surface area contributed by atoms with E-state index in [1.165, 1.54) is 0 Å². The molecule has 0 spiro atoms. The number of aromatic nitrogens is 1. The quantitative estimate of drug-likeness (QED) is 0.825. The molecule has 114 valence electrons. The number of nitrogens with zero attached hydrogens (tertiary/aromatic N) is 1.